The van der Waals surface area contributed by atoms with Gasteiger partial charge < -0.3 is 20.7 Å². The highest BCUT2D eigenvalue weighted by Gasteiger charge is 2.42. The molecular formula is C15H29N3O2. The molecule has 0 aromatic rings. The lowest BCUT2D eigenvalue weighted by Crippen LogP contribution is -2.63. The van der Waals surface area contributed by atoms with Crippen LogP contribution < -0.4 is 11.1 Å². The van der Waals surface area contributed by atoms with Crippen LogP contribution in [0.2, 0.25) is 0 Å². The average Bonchev–Trinajstić information content (AvgIpc) is 2.83. The van der Waals surface area contributed by atoms with Crippen molar-refractivity contribution in [2.75, 3.05) is 20.2 Å². The Morgan fingerprint density at radius 2 is 2.20 bits per heavy atom. The van der Waals surface area contributed by atoms with Gasteiger partial charge in [-0.2, -0.15) is 0 Å². The fourth-order valence-electron chi connectivity index (χ4n) is 3.48. The maximum Gasteiger partial charge on any atom is 0.222 e. The number of methoxy groups -OCH3 is 1. The molecule has 20 heavy (non-hydrogen) atoms. The minimum Gasteiger partial charge on any atom is -0.378 e. The van der Waals surface area contributed by atoms with Crippen LogP contribution in [0.25, 0.3) is 0 Å². The first-order chi connectivity index (χ1) is 9.54. The van der Waals surface area contributed by atoms with E-state index in [1.165, 1.54) is 0 Å². The first-order valence-electron chi connectivity index (χ1n) is 7.85. The van der Waals surface area contributed by atoms with E-state index in [9.17, 15) is 4.79 Å². The lowest BCUT2D eigenvalue weighted by molar-refractivity contribution is -0.134. The molecule has 1 aliphatic heterocycles. The van der Waals surface area contributed by atoms with Crippen molar-refractivity contribution < 1.29 is 9.53 Å². The molecule has 1 saturated heterocycles. The molecule has 2 aliphatic rings. The highest BCUT2D eigenvalue weighted by molar-refractivity contribution is 5.78. The van der Waals surface area contributed by atoms with Crippen LogP contribution in [0.15, 0.2) is 0 Å². The number of nitrogens with zero attached hydrogens (tertiary/aromatic N) is 1. The van der Waals surface area contributed by atoms with Crippen LogP contribution in [-0.2, 0) is 9.53 Å². The zero-order chi connectivity index (χ0) is 14.7. The third kappa shape index (κ3) is 3.32. The van der Waals surface area contributed by atoms with Crippen LogP contribution in [0.3, 0.4) is 0 Å². The standard InChI is InChI=1S/C15H29N3O2/c1-10(2)9-17-11-6-7-12(15(20-3)14(11)16)18-8-4-5-13(18)19/h10-12,14-15,17H,4-9,16H2,1-3H3/t11-,12+,14+,15+/m1/s1. The van der Waals surface area contributed by atoms with E-state index in [2.05, 4.69) is 19.2 Å². The summed E-state index contributed by atoms with van der Waals surface area (Å²) < 4.78 is 5.65. The van der Waals surface area contributed by atoms with Gasteiger partial charge in [0.15, 0.2) is 0 Å². The minimum atomic E-state index is -0.0598. The predicted octanol–water partition coefficient (Wildman–Crippen LogP) is 0.728. The van der Waals surface area contributed by atoms with E-state index in [0.29, 0.717) is 12.3 Å². The number of carbonyl (C=O) groups excluding carboxylic acids is 1. The molecule has 2 rings (SSSR count). The molecule has 1 aliphatic carbocycles. The quantitative estimate of drug-likeness (QED) is 0.780. The zero-order valence-electron chi connectivity index (χ0n) is 13.0. The number of rotatable bonds is 5. The SMILES string of the molecule is CO[C@@H]1[C@@H](N)[C@H](NCC(C)C)CC[C@@H]1N1CCCC1=O. The highest BCUT2D eigenvalue weighted by Crippen LogP contribution is 2.28. The highest BCUT2D eigenvalue weighted by atomic mass is 16.5. The summed E-state index contributed by atoms with van der Waals surface area (Å²) in [5.41, 5.74) is 6.40. The van der Waals surface area contributed by atoms with E-state index < -0.39 is 0 Å². The summed E-state index contributed by atoms with van der Waals surface area (Å²) in [5, 5.41) is 3.55. The molecule has 116 valence electrons. The second kappa shape index (κ2) is 6.87. The number of hydrogen-bond donors (Lipinski definition) is 2. The van der Waals surface area contributed by atoms with Gasteiger partial charge in [0.25, 0.3) is 0 Å². The number of ether oxygens (including phenoxy) is 1. The van der Waals surface area contributed by atoms with Crippen LogP contribution in [0.5, 0.6) is 0 Å². The molecule has 1 saturated carbocycles. The fraction of sp³-hybridized carbons (Fsp3) is 0.933. The van der Waals surface area contributed by atoms with Gasteiger partial charge in [-0.15, -0.1) is 0 Å². The van der Waals surface area contributed by atoms with Crippen LogP contribution >= 0.6 is 0 Å². The summed E-state index contributed by atoms with van der Waals surface area (Å²) in [6.07, 6.45) is 3.58. The number of nitrogens with two attached hydrogens (primary N) is 1. The molecule has 4 atom stereocenters. The van der Waals surface area contributed by atoms with E-state index >= 15 is 0 Å². The summed E-state index contributed by atoms with van der Waals surface area (Å²) in [4.78, 5) is 13.9. The summed E-state index contributed by atoms with van der Waals surface area (Å²) in [6.45, 7) is 6.23. The number of likely N-dealkylation sites (tertiary alicyclic amines) is 1. The van der Waals surface area contributed by atoms with Crippen molar-refractivity contribution in [1.82, 2.24) is 10.2 Å². The number of nitrogens with one attached hydrogen (secondary N) is 1. The van der Waals surface area contributed by atoms with Crippen molar-refractivity contribution >= 4 is 5.91 Å². The molecule has 0 aromatic heterocycles. The largest absolute Gasteiger partial charge is 0.378 e. The van der Waals surface area contributed by atoms with Gasteiger partial charge in [-0.25, -0.2) is 0 Å². The van der Waals surface area contributed by atoms with Crippen molar-refractivity contribution in [1.29, 1.82) is 0 Å². The number of hydrogen-bond acceptors (Lipinski definition) is 4. The molecule has 5 heteroatoms. The summed E-state index contributed by atoms with van der Waals surface area (Å²) in [5.74, 6) is 0.874. The molecule has 0 unspecified atom stereocenters. The summed E-state index contributed by atoms with van der Waals surface area (Å²) >= 11 is 0. The normalized spacial score (nSPS) is 35.0. The molecule has 0 spiro atoms. The van der Waals surface area contributed by atoms with E-state index in [1.54, 1.807) is 7.11 Å². The van der Waals surface area contributed by atoms with Gasteiger partial charge in [0.2, 0.25) is 5.91 Å². The number of carbonyl (C=O) groups is 1. The van der Waals surface area contributed by atoms with E-state index in [1.807, 2.05) is 4.90 Å². The van der Waals surface area contributed by atoms with Crippen molar-refractivity contribution in [2.24, 2.45) is 11.7 Å². The Kier molecular flexibility index (Phi) is 5.41. The maximum atomic E-state index is 12.0. The third-order valence-electron chi connectivity index (χ3n) is 4.57. The summed E-state index contributed by atoms with van der Waals surface area (Å²) in [7, 11) is 1.71. The van der Waals surface area contributed by atoms with Gasteiger partial charge in [0, 0.05) is 32.2 Å². The van der Waals surface area contributed by atoms with Gasteiger partial charge in [-0.05, 0) is 31.7 Å². The Labute approximate surface area is 122 Å². The van der Waals surface area contributed by atoms with Gasteiger partial charge >= 0.3 is 0 Å². The molecule has 1 heterocycles. The Morgan fingerprint density at radius 1 is 1.45 bits per heavy atom. The molecular weight excluding hydrogens is 254 g/mol. The van der Waals surface area contributed by atoms with Crippen LogP contribution in [-0.4, -0.2) is 55.2 Å². The monoisotopic (exact) mass is 283 g/mol. The Hall–Kier alpha value is -0.650. The molecule has 0 bridgehead atoms. The van der Waals surface area contributed by atoms with E-state index in [0.717, 1.165) is 32.4 Å². The van der Waals surface area contributed by atoms with Crippen LogP contribution in [0.1, 0.15) is 39.5 Å². The lowest BCUT2D eigenvalue weighted by atomic mass is 9.83. The second-order valence-electron chi connectivity index (χ2n) is 6.52. The Bertz CT molecular complexity index is 335. The van der Waals surface area contributed by atoms with Gasteiger partial charge in [-0.3, -0.25) is 4.79 Å². The topological polar surface area (TPSA) is 67.6 Å². The molecule has 3 N–H and O–H groups in total. The molecule has 0 aromatic carbocycles. The first kappa shape index (κ1) is 15.7. The van der Waals surface area contributed by atoms with Crippen molar-refractivity contribution in [3.8, 4) is 0 Å². The van der Waals surface area contributed by atoms with E-state index in [-0.39, 0.29) is 30.1 Å². The van der Waals surface area contributed by atoms with Gasteiger partial charge in [0.05, 0.1) is 12.1 Å². The Morgan fingerprint density at radius 3 is 2.75 bits per heavy atom. The van der Waals surface area contributed by atoms with Gasteiger partial charge in [0.1, 0.15) is 0 Å². The molecule has 2 fully saturated rings. The predicted molar refractivity (Wildman–Crippen MR) is 79.4 cm³/mol. The first-order valence-corrected chi connectivity index (χ1v) is 7.85. The zero-order valence-corrected chi connectivity index (χ0v) is 13.0. The average molecular weight is 283 g/mol. The van der Waals surface area contributed by atoms with Crippen LogP contribution in [0.4, 0.5) is 0 Å². The van der Waals surface area contributed by atoms with Crippen molar-refractivity contribution in [3.05, 3.63) is 0 Å². The number of amides is 1. The summed E-state index contributed by atoms with van der Waals surface area (Å²) in [6, 6.07) is 0.393. The molecule has 1 amide bonds. The van der Waals surface area contributed by atoms with Crippen LogP contribution in [0, 0.1) is 5.92 Å². The third-order valence-corrected chi connectivity index (χ3v) is 4.57. The smallest absolute Gasteiger partial charge is 0.222 e. The lowest BCUT2D eigenvalue weighted by Gasteiger charge is -2.44. The van der Waals surface area contributed by atoms with Crippen molar-refractivity contribution in [3.63, 3.8) is 0 Å². The fourth-order valence-corrected chi connectivity index (χ4v) is 3.48. The Balaban J connectivity index is 1.99. The maximum absolute atomic E-state index is 12.0. The van der Waals surface area contributed by atoms with Crippen molar-refractivity contribution in [2.45, 2.75) is 63.8 Å². The van der Waals surface area contributed by atoms with Gasteiger partial charge in [-0.1, -0.05) is 13.8 Å². The van der Waals surface area contributed by atoms with E-state index in [4.69, 9.17) is 10.5 Å². The second-order valence-corrected chi connectivity index (χ2v) is 6.52. The molecule has 0 radical (unpaired) electrons. The molecule has 5 nitrogen and oxygen atoms in total. The minimum absolute atomic E-state index is 0.0501.